The summed E-state index contributed by atoms with van der Waals surface area (Å²) in [5, 5.41) is 4.38. The maximum atomic E-state index is 13.0. The van der Waals surface area contributed by atoms with Crippen molar-refractivity contribution in [1.82, 2.24) is 9.29 Å². The Morgan fingerprint density at radius 2 is 1.90 bits per heavy atom. The molecule has 1 fully saturated rings. The van der Waals surface area contributed by atoms with Crippen molar-refractivity contribution in [1.29, 1.82) is 0 Å². The predicted molar refractivity (Wildman–Crippen MR) is 118 cm³/mol. The number of aryl methyl sites for hydroxylation is 1. The summed E-state index contributed by atoms with van der Waals surface area (Å²) >= 11 is 5.87. The summed E-state index contributed by atoms with van der Waals surface area (Å²) in [6.45, 7) is 2.44. The standard InChI is InChI=1S/C22H22ClN3O3S/c1-15-7-8-16-4-2-6-20(21(16)24-15)25-22(27)17-5-3-13-26(14-17)30(28,29)19-11-9-18(23)10-12-19/h2,4,6-12,17H,3,5,13-14H2,1H3,(H,25,27). The van der Waals surface area contributed by atoms with Gasteiger partial charge in [0.1, 0.15) is 0 Å². The number of carbonyl (C=O) groups excluding carboxylic acids is 1. The van der Waals surface area contributed by atoms with E-state index < -0.39 is 15.9 Å². The minimum atomic E-state index is -3.68. The van der Waals surface area contributed by atoms with Crippen LogP contribution in [0.2, 0.25) is 5.02 Å². The molecule has 1 unspecified atom stereocenters. The van der Waals surface area contributed by atoms with Crippen LogP contribution in [0.15, 0.2) is 59.5 Å². The topological polar surface area (TPSA) is 79.4 Å². The zero-order chi connectivity index (χ0) is 21.3. The first kappa shape index (κ1) is 20.8. The third kappa shape index (κ3) is 4.19. The number of para-hydroxylation sites is 1. The molecule has 30 heavy (non-hydrogen) atoms. The number of hydrogen-bond acceptors (Lipinski definition) is 4. The summed E-state index contributed by atoms with van der Waals surface area (Å²) in [4.78, 5) is 17.7. The van der Waals surface area contributed by atoms with E-state index in [1.165, 1.54) is 16.4 Å². The summed E-state index contributed by atoms with van der Waals surface area (Å²) in [5.41, 5.74) is 2.23. The van der Waals surface area contributed by atoms with E-state index in [4.69, 9.17) is 11.6 Å². The fourth-order valence-electron chi connectivity index (χ4n) is 3.71. The highest BCUT2D eigenvalue weighted by Gasteiger charge is 2.33. The van der Waals surface area contributed by atoms with Gasteiger partial charge in [0.2, 0.25) is 15.9 Å². The molecule has 8 heteroatoms. The van der Waals surface area contributed by atoms with Crippen molar-refractivity contribution >= 4 is 44.1 Å². The van der Waals surface area contributed by atoms with Gasteiger partial charge in [-0.25, -0.2) is 8.42 Å². The molecule has 0 aliphatic carbocycles. The summed E-state index contributed by atoms with van der Waals surface area (Å²) < 4.78 is 27.3. The molecule has 1 N–H and O–H groups in total. The van der Waals surface area contributed by atoms with E-state index in [1.807, 2.05) is 37.3 Å². The Kier molecular flexibility index (Phi) is 5.77. The maximum Gasteiger partial charge on any atom is 0.243 e. The molecule has 0 radical (unpaired) electrons. The van der Waals surface area contributed by atoms with Gasteiger partial charge in [0, 0.05) is 29.2 Å². The Labute approximate surface area is 180 Å². The van der Waals surface area contributed by atoms with Crippen molar-refractivity contribution in [2.45, 2.75) is 24.7 Å². The van der Waals surface area contributed by atoms with Gasteiger partial charge in [-0.1, -0.05) is 29.8 Å². The molecule has 156 valence electrons. The van der Waals surface area contributed by atoms with Gasteiger partial charge < -0.3 is 5.32 Å². The average molecular weight is 444 g/mol. The van der Waals surface area contributed by atoms with Crippen LogP contribution < -0.4 is 5.32 Å². The first-order valence-corrected chi connectivity index (χ1v) is 11.6. The van der Waals surface area contributed by atoms with Crippen molar-refractivity contribution in [3.63, 3.8) is 0 Å². The minimum Gasteiger partial charge on any atom is -0.324 e. The van der Waals surface area contributed by atoms with Crippen LogP contribution in [0.5, 0.6) is 0 Å². The number of hydrogen-bond donors (Lipinski definition) is 1. The fourth-order valence-corrected chi connectivity index (χ4v) is 5.36. The van der Waals surface area contributed by atoms with Crippen molar-refractivity contribution in [2.75, 3.05) is 18.4 Å². The number of sulfonamides is 1. The molecule has 1 aliphatic heterocycles. The fraction of sp³-hybridized carbons (Fsp3) is 0.273. The largest absolute Gasteiger partial charge is 0.324 e. The first-order valence-electron chi connectivity index (χ1n) is 9.77. The summed E-state index contributed by atoms with van der Waals surface area (Å²) in [6.07, 6.45) is 1.26. The normalized spacial score (nSPS) is 17.7. The molecule has 0 bridgehead atoms. The number of pyridine rings is 1. The lowest BCUT2D eigenvalue weighted by Gasteiger charge is -2.31. The molecule has 4 rings (SSSR count). The molecule has 6 nitrogen and oxygen atoms in total. The second-order valence-electron chi connectivity index (χ2n) is 7.48. The lowest BCUT2D eigenvalue weighted by molar-refractivity contribution is -0.120. The zero-order valence-corrected chi connectivity index (χ0v) is 18.1. The Hall–Kier alpha value is -2.48. The van der Waals surface area contributed by atoms with Gasteiger partial charge in [-0.15, -0.1) is 0 Å². The van der Waals surface area contributed by atoms with Crippen LogP contribution in [0.1, 0.15) is 18.5 Å². The maximum absolute atomic E-state index is 13.0. The number of piperidine rings is 1. The molecular weight excluding hydrogens is 422 g/mol. The molecule has 1 saturated heterocycles. The number of fused-ring (bicyclic) bond motifs is 1. The summed E-state index contributed by atoms with van der Waals surface area (Å²) in [6, 6.07) is 15.6. The number of nitrogens with zero attached hydrogens (tertiary/aromatic N) is 2. The third-order valence-corrected chi connectivity index (χ3v) is 7.46. The molecule has 0 saturated carbocycles. The molecule has 1 amide bonds. The van der Waals surface area contributed by atoms with Crippen LogP contribution in [0.3, 0.4) is 0 Å². The van der Waals surface area contributed by atoms with Gasteiger partial charge in [-0.3, -0.25) is 9.78 Å². The van der Waals surface area contributed by atoms with Crippen LogP contribution in [-0.2, 0) is 14.8 Å². The van der Waals surface area contributed by atoms with E-state index in [0.717, 1.165) is 16.6 Å². The van der Waals surface area contributed by atoms with Gasteiger partial charge in [0.15, 0.2) is 0 Å². The summed E-state index contributed by atoms with van der Waals surface area (Å²) in [5.74, 6) is -0.622. The van der Waals surface area contributed by atoms with E-state index in [-0.39, 0.29) is 17.3 Å². The molecule has 1 aromatic heterocycles. The number of nitrogens with one attached hydrogen (secondary N) is 1. The van der Waals surface area contributed by atoms with Crippen LogP contribution in [0.25, 0.3) is 10.9 Å². The number of rotatable bonds is 4. The molecule has 2 aromatic carbocycles. The highest BCUT2D eigenvalue weighted by atomic mass is 35.5. The molecule has 1 aliphatic rings. The highest BCUT2D eigenvalue weighted by molar-refractivity contribution is 7.89. The van der Waals surface area contributed by atoms with Crippen LogP contribution in [0, 0.1) is 12.8 Å². The van der Waals surface area contributed by atoms with Crippen LogP contribution >= 0.6 is 11.6 Å². The monoisotopic (exact) mass is 443 g/mol. The predicted octanol–water partition coefficient (Wildman–Crippen LogP) is 4.24. The number of carbonyl (C=O) groups is 1. The smallest absolute Gasteiger partial charge is 0.243 e. The zero-order valence-electron chi connectivity index (χ0n) is 16.5. The van der Waals surface area contributed by atoms with Crippen molar-refractivity contribution < 1.29 is 13.2 Å². The van der Waals surface area contributed by atoms with E-state index in [0.29, 0.717) is 30.1 Å². The minimum absolute atomic E-state index is 0.147. The number of aromatic nitrogens is 1. The van der Waals surface area contributed by atoms with Crippen LogP contribution in [-0.4, -0.2) is 36.7 Å². The van der Waals surface area contributed by atoms with E-state index >= 15 is 0 Å². The Bertz CT molecular complexity index is 1200. The third-order valence-electron chi connectivity index (χ3n) is 5.32. The van der Waals surface area contributed by atoms with E-state index in [2.05, 4.69) is 10.3 Å². The van der Waals surface area contributed by atoms with Crippen molar-refractivity contribution in [2.24, 2.45) is 5.92 Å². The summed E-state index contributed by atoms with van der Waals surface area (Å²) in [7, 11) is -3.68. The van der Waals surface area contributed by atoms with Gasteiger partial charge in [-0.05, 0) is 56.2 Å². The quantitative estimate of drug-likeness (QED) is 0.654. The average Bonchev–Trinajstić information content (AvgIpc) is 2.74. The number of amides is 1. The van der Waals surface area contributed by atoms with E-state index in [9.17, 15) is 13.2 Å². The molecule has 0 spiro atoms. The molecule has 2 heterocycles. The van der Waals surface area contributed by atoms with Crippen molar-refractivity contribution in [3.05, 3.63) is 65.3 Å². The molecular formula is C22H22ClN3O3S. The van der Waals surface area contributed by atoms with Gasteiger partial charge in [0.05, 0.1) is 22.0 Å². The Morgan fingerprint density at radius 3 is 2.67 bits per heavy atom. The number of anilines is 1. The molecule has 1 atom stereocenters. The highest BCUT2D eigenvalue weighted by Crippen LogP contribution is 2.27. The number of halogens is 1. The Morgan fingerprint density at radius 1 is 1.13 bits per heavy atom. The second-order valence-corrected chi connectivity index (χ2v) is 9.85. The van der Waals surface area contributed by atoms with Gasteiger partial charge >= 0.3 is 0 Å². The Balaban J connectivity index is 1.53. The lowest BCUT2D eigenvalue weighted by Crippen LogP contribution is -2.43. The second kappa shape index (κ2) is 8.34. The van der Waals surface area contributed by atoms with Crippen LogP contribution in [0.4, 0.5) is 5.69 Å². The van der Waals surface area contributed by atoms with Gasteiger partial charge in [-0.2, -0.15) is 4.31 Å². The SMILES string of the molecule is Cc1ccc2cccc(NC(=O)C3CCCN(S(=O)(=O)c4ccc(Cl)cc4)C3)c2n1. The molecule has 3 aromatic rings. The number of benzene rings is 2. The van der Waals surface area contributed by atoms with E-state index in [1.54, 1.807) is 12.1 Å². The first-order chi connectivity index (χ1) is 14.3. The lowest BCUT2D eigenvalue weighted by atomic mass is 9.98. The van der Waals surface area contributed by atoms with Crippen molar-refractivity contribution in [3.8, 4) is 0 Å². The van der Waals surface area contributed by atoms with Gasteiger partial charge in [0.25, 0.3) is 0 Å².